The molecule has 0 atom stereocenters. The minimum absolute atomic E-state index is 0.218. The van der Waals surface area contributed by atoms with Gasteiger partial charge in [-0.2, -0.15) is 0 Å². The number of rotatable bonds is 3. The minimum atomic E-state index is -0.218. The van der Waals surface area contributed by atoms with Crippen molar-refractivity contribution >= 4 is 22.4 Å². The highest BCUT2D eigenvalue weighted by Crippen LogP contribution is 2.23. The molecule has 0 unspecified atom stereocenters. The molecule has 3 aromatic heterocycles. The summed E-state index contributed by atoms with van der Waals surface area (Å²) in [4.78, 5) is 24.8. The Balaban J connectivity index is 1.75. The molecule has 0 saturated carbocycles. The van der Waals surface area contributed by atoms with Crippen LogP contribution in [0.3, 0.4) is 0 Å². The molecule has 0 fully saturated rings. The van der Waals surface area contributed by atoms with Gasteiger partial charge in [0, 0.05) is 23.5 Å². The maximum Gasteiger partial charge on any atom is 0.259 e. The number of carbonyl (C=O) groups excluding carboxylic acids is 1. The Morgan fingerprint density at radius 1 is 1.14 bits per heavy atom. The summed E-state index contributed by atoms with van der Waals surface area (Å²) in [6.07, 6.45) is 3.27. The third-order valence-corrected chi connectivity index (χ3v) is 3.58. The van der Waals surface area contributed by atoms with Crippen molar-refractivity contribution in [3.63, 3.8) is 0 Å². The fraction of sp³-hybridized carbons (Fsp3) is 0.0667. The highest BCUT2D eigenvalue weighted by Gasteiger charge is 2.10. The van der Waals surface area contributed by atoms with Gasteiger partial charge in [0.15, 0.2) is 5.13 Å². The van der Waals surface area contributed by atoms with Gasteiger partial charge in [-0.15, -0.1) is 11.3 Å². The molecule has 0 aromatic carbocycles. The van der Waals surface area contributed by atoms with Crippen molar-refractivity contribution < 1.29 is 4.79 Å². The number of carbonyl (C=O) groups is 1. The fourth-order valence-electron chi connectivity index (χ4n) is 1.73. The molecule has 1 amide bonds. The molecule has 21 heavy (non-hydrogen) atoms. The molecule has 0 radical (unpaired) electrons. The summed E-state index contributed by atoms with van der Waals surface area (Å²) in [5.74, 6) is -0.218. The second kappa shape index (κ2) is 5.80. The number of pyridine rings is 2. The highest BCUT2D eigenvalue weighted by molar-refractivity contribution is 7.14. The molecule has 3 aromatic rings. The number of nitrogens with one attached hydrogen (secondary N) is 1. The Morgan fingerprint density at radius 3 is 2.76 bits per heavy atom. The minimum Gasteiger partial charge on any atom is -0.298 e. The summed E-state index contributed by atoms with van der Waals surface area (Å²) in [5.41, 5.74) is 2.91. The van der Waals surface area contributed by atoms with E-state index < -0.39 is 0 Å². The van der Waals surface area contributed by atoms with Gasteiger partial charge < -0.3 is 0 Å². The summed E-state index contributed by atoms with van der Waals surface area (Å²) >= 11 is 1.37. The first-order valence-electron chi connectivity index (χ1n) is 6.33. The Morgan fingerprint density at radius 2 is 2.05 bits per heavy atom. The van der Waals surface area contributed by atoms with Crippen molar-refractivity contribution in [2.45, 2.75) is 6.92 Å². The first-order chi connectivity index (χ1) is 10.2. The molecule has 0 aliphatic rings. The van der Waals surface area contributed by atoms with Gasteiger partial charge in [-0.3, -0.25) is 20.1 Å². The Kier molecular flexibility index (Phi) is 3.70. The standard InChI is InChI=1S/C15H12N4OS/c1-10-5-6-11(8-17-10)14(20)19-15-18-13(9-21-15)12-4-2-3-7-16-12/h2-9H,1H3,(H,18,19,20). The Hall–Kier alpha value is -2.60. The van der Waals surface area contributed by atoms with Crippen LogP contribution in [0.4, 0.5) is 5.13 Å². The SMILES string of the molecule is Cc1ccc(C(=O)Nc2nc(-c3ccccn3)cs2)cn1. The van der Waals surface area contributed by atoms with E-state index in [0.717, 1.165) is 17.1 Å². The van der Waals surface area contributed by atoms with E-state index in [-0.39, 0.29) is 5.91 Å². The molecule has 3 heterocycles. The van der Waals surface area contributed by atoms with Gasteiger partial charge >= 0.3 is 0 Å². The largest absolute Gasteiger partial charge is 0.298 e. The molecule has 0 aliphatic carbocycles. The van der Waals surface area contributed by atoms with Crippen LogP contribution >= 0.6 is 11.3 Å². The predicted octanol–water partition coefficient (Wildman–Crippen LogP) is 3.16. The van der Waals surface area contributed by atoms with E-state index in [4.69, 9.17) is 0 Å². The van der Waals surface area contributed by atoms with Crippen LogP contribution in [0.25, 0.3) is 11.4 Å². The van der Waals surface area contributed by atoms with E-state index in [2.05, 4.69) is 20.3 Å². The summed E-state index contributed by atoms with van der Waals surface area (Å²) in [7, 11) is 0. The Labute approximate surface area is 125 Å². The first kappa shape index (κ1) is 13.4. The molecule has 0 aliphatic heterocycles. The van der Waals surface area contributed by atoms with Gasteiger partial charge in [0.05, 0.1) is 11.3 Å². The van der Waals surface area contributed by atoms with Crippen LogP contribution in [0.1, 0.15) is 16.1 Å². The molecule has 5 nitrogen and oxygen atoms in total. The smallest absolute Gasteiger partial charge is 0.259 e. The van der Waals surface area contributed by atoms with Gasteiger partial charge in [-0.1, -0.05) is 6.07 Å². The summed E-state index contributed by atoms with van der Waals surface area (Å²) in [6, 6.07) is 9.17. The summed E-state index contributed by atoms with van der Waals surface area (Å²) < 4.78 is 0. The van der Waals surface area contributed by atoms with Crippen LogP contribution < -0.4 is 5.32 Å². The van der Waals surface area contributed by atoms with Crippen LogP contribution in [-0.2, 0) is 0 Å². The summed E-state index contributed by atoms with van der Waals surface area (Å²) in [5, 5.41) is 5.18. The van der Waals surface area contributed by atoms with Crippen molar-refractivity contribution in [3.8, 4) is 11.4 Å². The monoisotopic (exact) mass is 296 g/mol. The predicted molar refractivity (Wildman–Crippen MR) is 82.3 cm³/mol. The molecule has 0 spiro atoms. The lowest BCUT2D eigenvalue weighted by molar-refractivity contribution is 0.102. The second-order valence-corrected chi connectivity index (χ2v) is 5.25. The molecule has 6 heteroatoms. The number of thiazole rings is 1. The number of amides is 1. The van der Waals surface area contributed by atoms with Crippen LogP contribution in [0.15, 0.2) is 48.1 Å². The van der Waals surface area contributed by atoms with E-state index in [1.54, 1.807) is 24.5 Å². The van der Waals surface area contributed by atoms with Crippen LogP contribution in [0.5, 0.6) is 0 Å². The van der Waals surface area contributed by atoms with Crippen molar-refractivity contribution in [3.05, 3.63) is 59.4 Å². The Bertz CT molecular complexity index is 753. The molecule has 1 N–H and O–H groups in total. The second-order valence-electron chi connectivity index (χ2n) is 4.40. The van der Waals surface area contributed by atoms with Crippen LogP contribution in [0.2, 0.25) is 0 Å². The zero-order valence-corrected chi connectivity index (χ0v) is 12.1. The molecular formula is C15H12N4OS. The molecule has 104 valence electrons. The third-order valence-electron chi connectivity index (χ3n) is 2.83. The molecule has 0 bridgehead atoms. The highest BCUT2D eigenvalue weighted by atomic mass is 32.1. The third kappa shape index (κ3) is 3.11. The van der Waals surface area contributed by atoms with Gasteiger partial charge in [0.1, 0.15) is 5.69 Å². The normalized spacial score (nSPS) is 10.3. The van der Waals surface area contributed by atoms with Crippen molar-refractivity contribution in [1.82, 2.24) is 15.0 Å². The van der Waals surface area contributed by atoms with Gasteiger partial charge in [-0.25, -0.2) is 4.98 Å². The molecule has 3 rings (SSSR count). The van der Waals surface area contributed by atoms with E-state index in [0.29, 0.717) is 10.7 Å². The number of anilines is 1. The molecule has 0 saturated heterocycles. The quantitative estimate of drug-likeness (QED) is 0.806. The van der Waals surface area contributed by atoms with Gasteiger partial charge in [0.25, 0.3) is 5.91 Å². The average Bonchev–Trinajstić information content (AvgIpc) is 2.97. The zero-order valence-electron chi connectivity index (χ0n) is 11.3. The number of nitrogens with zero attached hydrogens (tertiary/aromatic N) is 3. The first-order valence-corrected chi connectivity index (χ1v) is 7.21. The van der Waals surface area contributed by atoms with E-state index >= 15 is 0 Å². The van der Waals surface area contributed by atoms with Crippen molar-refractivity contribution in [2.75, 3.05) is 5.32 Å². The zero-order chi connectivity index (χ0) is 14.7. The molecular weight excluding hydrogens is 284 g/mol. The van der Waals surface area contributed by atoms with Gasteiger partial charge in [0.2, 0.25) is 0 Å². The van der Waals surface area contributed by atoms with Crippen molar-refractivity contribution in [2.24, 2.45) is 0 Å². The maximum atomic E-state index is 12.1. The van der Waals surface area contributed by atoms with E-state index in [1.165, 1.54) is 11.3 Å². The lowest BCUT2D eigenvalue weighted by Gasteiger charge is -2.01. The van der Waals surface area contributed by atoms with E-state index in [1.807, 2.05) is 30.5 Å². The summed E-state index contributed by atoms with van der Waals surface area (Å²) in [6.45, 7) is 1.88. The number of aromatic nitrogens is 3. The lowest BCUT2D eigenvalue weighted by Crippen LogP contribution is -2.12. The van der Waals surface area contributed by atoms with Crippen LogP contribution in [-0.4, -0.2) is 20.9 Å². The van der Waals surface area contributed by atoms with Gasteiger partial charge in [-0.05, 0) is 31.2 Å². The number of hydrogen-bond acceptors (Lipinski definition) is 5. The number of hydrogen-bond donors (Lipinski definition) is 1. The average molecular weight is 296 g/mol. The topological polar surface area (TPSA) is 67.8 Å². The maximum absolute atomic E-state index is 12.1. The van der Waals surface area contributed by atoms with E-state index in [9.17, 15) is 4.79 Å². The fourth-order valence-corrected chi connectivity index (χ4v) is 2.43. The van der Waals surface area contributed by atoms with Crippen molar-refractivity contribution in [1.29, 1.82) is 0 Å². The lowest BCUT2D eigenvalue weighted by atomic mass is 10.2. The van der Waals surface area contributed by atoms with Crippen LogP contribution in [0, 0.1) is 6.92 Å². The number of aryl methyl sites for hydroxylation is 1.